The molecule has 2 N–H and O–H groups in total. The van der Waals surface area contributed by atoms with Gasteiger partial charge in [0, 0.05) is 29.2 Å². The van der Waals surface area contributed by atoms with Crippen LogP contribution in [0.1, 0.15) is 39.3 Å². The third-order valence-corrected chi connectivity index (χ3v) is 4.43. The SMILES string of the molecule is CCNC(=NCc1ncc(C(C)(C)C)o1)NCCSc1ccccc1.I. The van der Waals surface area contributed by atoms with Crippen LogP contribution in [0.3, 0.4) is 0 Å². The van der Waals surface area contributed by atoms with Crippen LogP contribution in [-0.4, -0.2) is 29.8 Å². The third-order valence-electron chi connectivity index (χ3n) is 3.42. The summed E-state index contributed by atoms with van der Waals surface area (Å²) < 4.78 is 5.78. The van der Waals surface area contributed by atoms with Gasteiger partial charge in [0.15, 0.2) is 5.96 Å². The Morgan fingerprint density at radius 1 is 1.19 bits per heavy atom. The summed E-state index contributed by atoms with van der Waals surface area (Å²) in [6, 6.07) is 10.4. The first-order valence-corrected chi connectivity index (χ1v) is 9.63. The molecule has 0 aliphatic rings. The summed E-state index contributed by atoms with van der Waals surface area (Å²) in [4.78, 5) is 10.1. The number of nitrogens with zero attached hydrogens (tertiary/aromatic N) is 2. The monoisotopic (exact) mass is 488 g/mol. The highest BCUT2D eigenvalue weighted by Gasteiger charge is 2.18. The standard InChI is InChI=1S/C19H28N4OS.HI/c1-5-20-18(21-11-12-25-15-9-7-6-8-10-15)23-14-17-22-13-16(24-17)19(2,3)4;/h6-10,13H,5,11-12,14H2,1-4H3,(H2,20,21,23);1H. The molecule has 5 nitrogen and oxygen atoms in total. The van der Waals surface area contributed by atoms with Crippen molar-refractivity contribution in [3.05, 3.63) is 48.2 Å². The van der Waals surface area contributed by atoms with Crippen LogP contribution < -0.4 is 10.6 Å². The maximum absolute atomic E-state index is 5.78. The average molecular weight is 488 g/mol. The molecular formula is C19H29IN4OS. The van der Waals surface area contributed by atoms with E-state index in [0.717, 1.165) is 30.6 Å². The lowest BCUT2D eigenvalue weighted by atomic mass is 9.94. The van der Waals surface area contributed by atoms with Gasteiger partial charge in [0.1, 0.15) is 12.3 Å². The quantitative estimate of drug-likeness (QED) is 0.199. The van der Waals surface area contributed by atoms with Gasteiger partial charge >= 0.3 is 0 Å². The Morgan fingerprint density at radius 2 is 1.92 bits per heavy atom. The fraction of sp³-hybridized carbons (Fsp3) is 0.474. The first kappa shape index (κ1) is 22.8. The zero-order chi connectivity index (χ0) is 18.1. The molecule has 0 radical (unpaired) electrons. The number of guanidine groups is 1. The molecule has 1 aromatic heterocycles. The molecule has 0 aliphatic heterocycles. The van der Waals surface area contributed by atoms with E-state index in [4.69, 9.17) is 4.42 Å². The lowest BCUT2D eigenvalue weighted by molar-refractivity contribution is 0.383. The molecule has 1 aromatic carbocycles. The summed E-state index contributed by atoms with van der Waals surface area (Å²) in [5.41, 5.74) is -0.0353. The van der Waals surface area contributed by atoms with Gasteiger partial charge in [0.25, 0.3) is 0 Å². The molecular weight excluding hydrogens is 459 g/mol. The van der Waals surface area contributed by atoms with Gasteiger partial charge < -0.3 is 15.1 Å². The van der Waals surface area contributed by atoms with Crippen molar-refractivity contribution >= 4 is 41.7 Å². The van der Waals surface area contributed by atoms with Crippen LogP contribution in [0.2, 0.25) is 0 Å². The van der Waals surface area contributed by atoms with E-state index in [0.29, 0.717) is 12.4 Å². The Morgan fingerprint density at radius 3 is 2.54 bits per heavy atom. The number of aliphatic imine (C=N–C) groups is 1. The lowest BCUT2D eigenvalue weighted by Crippen LogP contribution is -2.38. The van der Waals surface area contributed by atoms with E-state index in [9.17, 15) is 0 Å². The Balaban J connectivity index is 0.00000338. The highest BCUT2D eigenvalue weighted by molar-refractivity contribution is 14.0. The molecule has 0 bridgehead atoms. The highest BCUT2D eigenvalue weighted by atomic mass is 127. The summed E-state index contributed by atoms with van der Waals surface area (Å²) >= 11 is 1.82. The summed E-state index contributed by atoms with van der Waals surface area (Å²) in [6.45, 7) is 10.5. The molecule has 2 rings (SSSR count). The Kier molecular flexibility index (Phi) is 10.1. The third kappa shape index (κ3) is 7.99. The van der Waals surface area contributed by atoms with E-state index in [-0.39, 0.29) is 29.4 Å². The molecule has 0 saturated heterocycles. The molecule has 1 heterocycles. The minimum absolute atomic E-state index is 0. The summed E-state index contributed by atoms with van der Waals surface area (Å²) in [6.07, 6.45) is 1.79. The fourth-order valence-corrected chi connectivity index (χ4v) is 2.86. The summed E-state index contributed by atoms with van der Waals surface area (Å²) in [5, 5.41) is 6.60. The number of thioether (sulfide) groups is 1. The molecule has 0 spiro atoms. The maximum atomic E-state index is 5.78. The van der Waals surface area contributed by atoms with Crippen LogP contribution in [0.25, 0.3) is 0 Å². The number of halogens is 1. The van der Waals surface area contributed by atoms with Gasteiger partial charge in [-0.1, -0.05) is 39.0 Å². The van der Waals surface area contributed by atoms with Gasteiger partial charge in [0.2, 0.25) is 5.89 Å². The highest BCUT2D eigenvalue weighted by Crippen LogP contribution is 2.22. The molecule has 0 amide bonds. The van der Waals surface area contributed by atoms with Crippen LogP contribution in [0.4, 0.5) is 0 Å². The van der Waals surface area contributed by atoms with Crippen molar-refractivity contribution in [1.82, 2.24) is 15.6 Å². The van der Waals surface area contributed by atoms with Gasteiger partial charge in [-0.05, 0) is 19.1 Å². The van der Waals surface area contributed by atoms with Crippen molar-refractivity contribution in [3.8, 4) is 0 Å². The maximum Gasteiger partial charge on any atom is 0.216 e. The number of benzene rings is 1. The van der Waals surface area contributed by atoms with Crippen molar-refractivity contribution < 1.29 is 4.42 Å². The normalized spacial score (nSPS) is 11.8. The minimum Gasteiger partial charge on any atom is -0.443 e. The molecule has 7 heteroatoms. The van der Waals surface area contributed by atoms with E-state index >= 15 is 0 Å². The van der Waals surface area contributed by atoms with Crippen molar-refractivity contribution in [3.63, 3.8) is 0 Å². The smallest absolute Gasteiger partial charge is 0.216 e. The lowest BCUT2D eigenvalue weighted by Gasteiger charge is -2.13. The van der Waals surface area contributed by atoms with Crippen LogP contribution in [0.5, 0.6) is 0 Å². The van der Waals surface area contributed by atoms with E-state index in [2.05, 4.69) is 72.6 Å². The molecule has 2 aromatic rings. The van der Waals surface area contributed by atoms with Crippen LogP contribution in [0, 0.1) is 0 Å². The van der Waals surface area contributed by atoms with Gasteiger partial charge in [-0.25, -0.2) is 9.98 Å². The van der Waals surface area contributed by atoms with Crippen LogP contribution >= 0.6 is 35.7 Å². The van der Waals surface area contributed by atoms with Crippen LogP contribution in [-0.2, 0) is 12.0 Å². The second-order valence-electron chi connectivity index (χ2n) is 6.65. The number of hydrogen-bond donors (Lipinski definition) is 2. The predicted octanol–water partition coefficient (Wildman–Crippen LogP) is 4.44. The second kappa shape index (κ2) is 11.5. The second-order valence-corrected chi connectivity index (χ2v) is 7.82. The van der Waals surface area contributed by atoms with E-state index in [1.807, 2.05) is 17.8 Å². The van der Waals surface area contributed by atoms with E-state index < -0.39 is 0 Å². The first-order chi connectivity index (χ1) is 12.0. The molecule has 144 valence electrons. The van der Waals surface area contributed by atoms with E-state index in [1.165, 1.54) is 4.90 Å². The zero-order valence-corrected chi connectivity index (χ0v) is 19.1. The number of nitrogens with one attached hydrogen (secondary N) is 2. The van der Waals surface area contributed by atoms with Gasteiger partial charge in [-0.3, -0.25) is 0 Å². The van der Waals surface area contributed by atoms with Crippen LogP contribution in [0.15, 0.2) is 50.8 Å². The summed E-state index contributed by atoms with van der Waals surface area (Å²) in [7, 11) is 0. The van der Waals surface area contributed by atoms with Crippen molar-refractivity contribution in [2.75, 3.05) is 18.8 Å². The molecule has 26 heavy (non-hydrogen) atoms. The molecule has 0 atom stereocenters. The van der Waals surface area contributed by atoms with Gasteiger partial charge in [-0.15, -0.1) is 35.7 Å². The number of rotatable bonds is 7. The molecule has 0 fully saturated rings. The molecule has 0 aliphatic carbocycles. The first-order valence-electron chi connectivity index (χ1n) is 8.64. The fourth-order valence-electron chi connectivity index (χ4n) is 2.07. The van der Waals surface area contributed by atoms with Gasteiger partial charge in [-0.2, -0.15) is 0 Å². The van der Waals surface area contributed by atoms with Crippen molar-refractivity contribution in [2.45, 2.75) is 44.6 Å². The number of aromatic nitrogens is 1. The summed E-state index contributed by atoms with van der Waals surface area (Å²) in [5.74, 6) is 3.28. The Labute approximate surface area is 177 Å². The molecule has 0 saturated carbocycles. The largest absolute Gasteiger partial charge is 0.443 e. The Hall–Kier alpha value is -1.22. The topological polar surface area (TPSA) is 62.5 Å². The predicted molar refractivity (Wildman–Crippen MR) is 121 cm³/mol. The van der Waals surface area contributed by atoms with Crippen molar-refractivity contribution in [1.29, 1.82) is 0 Å². The number of oxazole rings is 1. The van der Waals surface area contributed by atoms with Crippen molar-refractivity contribution in [2.24, 2.45) is 4.99 Å². The minimum atomic E-state index is -0.0353. The molecule has 0 unspecified atom stereocenters. The Bertz CT molecular complexity index is 668. The number of hydrogen-bond acceptors (Lipinski definition) is 4. The van der Waals surface area contributed by atoms with E-state index in [1.54, 1.807) is 6.20 Å². The van der Waals surface area contributed by atoms with Gasteiger partial charge in [0.05, 0.1) is 6.20 Å². The zero-order valence-electron chi connectivity index (χ0n) is 15.9. The average Bonchev–Trinajstić information content (AvgIpc) is 3.07.